The first-order valence-corrected chi connectivity index (χ1v) is 8.51. The summed E-state index contributed by atoms with van der Waals surface area (Å²) >= 11 is 0. The molecule has 26 heavy (non-hydrogen) atoms. The van der Waals surface area contributed by atoms with E-state index in [-0.39, 0.29) is 29.2 Å². The van der Waals surface area contributed by atoms with Gasteiger partial charge in [0.25, 0.3) is 5.91 Å². The third-order valence-corrected chi connectivity index (χ3v) is 4.58. The number of ketones is 1. The lowest BCUT2D eigenvalue weighted by molar-refractivity contribution is -0.118. The molecule has 1 aliphatic rings. The van der Waals surface area contributed by atoms with Crippen LogP contribution in [0.3, 0.4) is 0 Å². The highest BCUT2D eigenvalue weighted by Crippen LogP contribution is 2.44. The molecule has 0 saturated heterocycles. The molecule has 5 heteroatoms. The van der Waals surface area contributed by atoms with Crippen molar-refractivity contribution < 1.29 is 19.8 Å². The summed E-state index contributed by atoms with van der Waals surface area (Å²) in [7, 11) is 0. The van der Waals surface area contributed by atoms with Gasteiger partial charge in [-0.3, -0.25) is 14.5 Å². The normalized spacial score (nSPS) is 17.1. The van der Waals surface area contributed by atoms with Crippen LogP contribution in [0.4, 0.5) is 5.69 Å². The number of carbonyl (C=O) groups is 2. The summed E-state index contributed by atoms with van der Waals surface area (Å²) < 4.78 is 0. The molecule has 2 aromatic rings. The zero-order chi connectivity index (χ0) is 19.0. The molecular formula is C21H21NO4. The van der Waals surface area contributed by atoms with Crippen molar-refractivity contribution in [3.05, 3.63) is 70.5 Å². The summed E-state index contributed by atoms with van der Waals surface area (Å²) in [6, 6.07) is 11.6. The number of phenolic OH excluding ortho intramolecular Hbond substituents is 1. The van der Waals surface area contributed by atoms with Crippen LogP contribution in [-0.2, 0) is 9.59 Å². The molecule has 1 atom stereocenters. The number of Topliss-reactive ketones (excluding diaryl/α,β-unsaturated/α-hetero) is 1. The SMILES string of the molecule is CCC(=O)C1=C(O)C(=O)N(c2cc(C)ccc2O)C1c1cccc(C)c1. The van der Waals surface area contributed by atoms with Crippen LogP contribution in [0.25, 0.3) is 0 Å². The number of aliphatic hydroxyl groups excluding tert-OH is 1. The molecule has 134 valence electrons. The van der Waals surface area contributed by atoms with Crippen molar-refractivity contribution in [3.63, 3.8) is 0 Å². The molecule has 1 aliphatic heterocycles. The Balaban J connectivity index is 2.24. The van der Waals surface area contributed by atoms with Crippen LogP contribution >= 0.6 is 0 Å². The fourth-order valence-electron chi connectivity index (χ4n) is 3.31. The number of rotatable bonds is 4. The Morgan fingerprint density at radius 1 is 1.08 bits per heavy atom. The molecule has 0 spiro atoms. The average Bonchev–Trinajstić information content (AvgIpc) is 2.88. The highest BCUT2D eigenvalue weighted by Gasteiger charge is 2.44. The number of benzene rings is 2. The number of aliphatic hydroxyl groups is 1. The molecule has 1 unspecified atom stereocenters. The quantitative estimate of drug-likeness (QED) is 0.876. The van der Waals surface area contributed by atoms with E-state index in [1.807, 2.05) is 38.1 Å². The number of aromatic hydroxyl groups is 1. The summed E-state index contributed by atoms with van der Waals surface area (Å²) in [5, 5.41) is 20.8. The maximum atomic E-state index is 12.8. The van der Waals surface area contributed by atoms with E-state index < -0.39 is 17.7 Å². The van der Waals surface area contributed by atoms with Crippen molar-refractivity contribution in [3.8, 4) is 5.75 Å². The summed E-state index contributed by atoms with van der Waals surface area (Å²) in [4.78, 5) is 26.6. The third-order valence-electron chi connectivity index (χ3n) is 4.58. The standard InChI is InChI=1S/C21H21NO4/c1-4-16(23)18-19(14-7-5-6-12(2)10-14)22(21(26)20(18)25)15-11-13(3)8-9-17(15)24/h5-11,19,24-25H,4H2,1-3H3. The van der Waals surface area contributed by atoms with Gasteiger partial charge in [0.2, 0.25) is 0 Å². The lowest BCUT2D eigenvalue weighted by Crippen LogP contribution is -2.31. The van der Waals surface area contributed by atoms with Gasteiger partial charge in [-0.1, -0.05) is 42.8 Å². The fraction of sp³-hybridized carbons (Fsp3) is 0.238. The molecule has 3 rings (SSSR count). The zero-order valence-electron chi connectivity index (χ0n) is 15.0. The van der Waals surface area contributed by atoms with Crippen molar-refractivity contribution in [2.45, 2.75) is 33.2 Å². The Kier molecular flexibility index (Phi) is 4.55. The molecule has 0 aromatic heterocycles. The second-order valence-electron chi connectivity index (χ2n) is 6.52. The Morgan fingerprint density at radius 2 is 1.77 bits per heavy atom. The minimum Gasteiger partial charge on any atom is -0.506 e. The zero-order valence-corrected chi connectivity index (χ0v) is 15.0. The van der Waals surface area contributed by atoms with Crippen molar-refractivity contribution in [1.82, 2.24) is 0 Å². The lowest BCUT2D eigenvalue weighted by Gasteiger charge is -2.28. The summed E-state index contributed by atoms with van der Waals surface area (Å²) in [6.07, 6.45) is 0.169. The monoisotopic (exact) mass is 351 g/mol. The summed E-state index contributed by atoms with van der Waals surface area (Å²) in [5.41, 5.74) is 2.87. The Bertz CT molecular complexity index is 929. The lowest BCUT2D eigenvalue weighted by atomic mass is 9.94. The second-order valence-corrected chi connectivity index (χ2v) is 6.52. The molecule has 5 nitrogen and oxygen atoms in total. The molecule has 2 aromatic carbocycles. The molecule has 0 radical (unpaired) electrons. The predicted octanol–water partition coefficient (Wildman–Crippen LogP) is 3.89. The van der Waals surface area contributed by atoms with Crippen molar-refractivity contribution in [2.24, 2.45) is 0 Å². The van der Waals surface area contributed by atoms with Crippen LogP contribution in [0.15, 0.2) is 53.8 Å². The first kappa shape index (κ1) is 17.7. The van der Waals surface area contributed by atoms with Gasteiger partial charge in [-0.15, -0.1) is 0 Å². The average molecular weight is 351 g/mol. The van der Waals surface area contributed by atoms with Gasteiger partial charge in [0.05, 0.1) is 17.3 Å². The number of hydrogen-bond acceptors (Lipinski definition) is 4. The van der Waals surface area contributed by atoms with Crippen molar-refractivity contribution >= 4 is 17.4 Å². The maximum absolute atomic E-state index is 12.8. The minimum atomic E-state index is -0.775. The van der Waals surface area contributed by atoms with Gasteiger partial charge in [0.1, 0.15) is 5.75 Å². The largest absolute Gasteiger partial charge is 0.506 e. The first-order valence-electron chi connectivity index (χ1n) is 8.51. The van der Waals surface area contributed by atoms with E-state index in [0.717, 1.165) is 11.1 Å². The van der Waals surface area contributed by atoms with E-state index >= 15 is 0 Å². The van der Waals surface area contributed by atoms with Crippen LogP contribution < -0.4 is 4.90 Å². The van der Waals surface area contributed by atoms with Gasteiger partial charge in [-0.05, 0) is 37.1 Å². The molecule has 1 heterocycles. The predicted molar refractivity (Wildman–Crippen MR) is 99.2 cm³/mol. The van der Waals surface area contributed by atoms with Gasteiger partial charge in [-0.25, -0.2) is 0 Å². The highest BCUT2D eigenvalue weighted by atomic mass is 16.3. The van der Waals surface area contributed by atoms with Crippen LogP contribution in [0.1, 0.15) is 36.1 Å². The molecule has 1 amide bonds. The van der Waals surface area contributed by atoms with E-state index in [0.29, 0.717) is 5.56 Å². The third kappa shape index (κ3) is 2.86. The number of anilines is 1. The van der Waals surface area contributed by atoms with Gasteiger partial charge in [0.15, 0.2) is 11.5 Å². The van der Waals surface area contributed by atoms with Crippen LogP contribution in [0, 0.1) is 13.8 Å². The maximum Gasteiger partial charge on any atom is 0.294 e. The van der Waals surface area contributed by atoms with E-state index in [4.69, 9.17) is 0 Å². The molecule has 0 fully saturated rings. The van der Waals surface area contributed by atoms with Crippen LogP contribution in [-0.4, -0.2) is 21.9 Å². The van der Waals surface area contributed by atoms with Gasteiger partial charge >= 0.3 is 0 Å². The number of aryl methyl sites for hydroxylation is 2. The number of nitrogens with zero attached hydrogens (tertiary/aromatic N) is 1. The molecular weight excluding hydrogens is 330 g/mol. The summed E-state index contributed by atoms with van der Waals surface area (Å²) in [5.74, 6) is -1.62. The number of carbonyl (C=O) groups excluding carboxylic acids is 2. The van der Waals surface area contributed by atoms with E-state index in [1.165, 1.54) is 11.0 Å². The number of hydrogen-bond donors (Lipinski definition) is 2. The number of amides is 1. The Hall–Kier alpha value is -3.08. The molecule has 0 saturated carbocycles. The van der Waals surface area contributed by atoms with Crippen LogP contribution in [0.2, 0.25) is 0 Å². The smallest absolute Gasteiger partial charge is 0.294 e. The topological polar surface area (TPSA) is 77.8 Å². The Morgan fingerprint density at radius 3 is 2.42 bits per heavy atom. The second kappa shape index (κ2) is 6.67. The van der Waals surface area contributed by atoms with E-state index in [1.54, 1.807) is 19.1 Å². The first-order chi connectivity index (χ1) is 12.3. The molecule has 0 bridgehead atoms. The van der Waals surface area contributed by atoms with Gasteiger partial charge < -0.3 is 10.2 Å². The Labute approximate surface area is 152 Å². The molecule has 0 aliphatic carbocycles. The minimum absolute atomic E-state index is 0.0732. The van der Waals surface area contributed by atoms with Gasteiger partial charge in [-0.2, -0.15) is 0 Å². The number of phenols is 1. The highest BCUT2D eigenvalue weighted by molar-refractivity contribution is 6.16. The van der Waals surface area contributed by atoms with Gasteiger partial charge in [0, 0.05) is 6.42 Å². The van der Waals surface area contributed by atoms with Crippen molar-refractivity contribution in [1.29, 1.82) is 0 Å². The fourth-order valence-corrected chi connectivity index (χ4v) is 3.31. The van der Waals surface area contributed by atoms with E-state index in [2.05, 4.69) is 0 Å². The molecule has 2 N–H and O–H groups in total. The summed E-state index contributed by atoms with van der Waals surface area (Å²) in [6.45, 7) is 5.45. The van der Waals surface area contributed by atoms with E-state index in [9.17, 15) is 19.8 Å². The van der Waals surface area contributed by atoms with Crippen LogP contribution in [0.5, 0.6) is 5.75 Å². The van der Waals surface area contributed by atoms with Crippen molar-refractivity contribution in [2.75, 3.05) is 4.90 Å².